The quantitative estimate of drug-likeness (QED) is 0.608. The molecule has 0 heterocycles. The van der Waals surface area contributed by atoms with E-state index in [0.717, 1.165) is 11.3 Å². The van der Waals surface area contributed by atoms with Gasteiger partial charge >= 0.3 is 0 Å². The Morgan fingerprint density at radius 3 is 2.45 bits per heavy atom. The van der Waals surface area contributed by atoms with Crippen LogP contribution >= 0.6 is 11.8 Å². The van der Waals surface area contributed by atoms with Crippen molar-refractivity contribution in [2.75, 3.05) is 5.75 Å². The normalized spacial score (nSPS) is 13.6. The number of carbonyl (C=O) groups is 1. The van der Waals surface area contributed by atoms with Crippen LogP contribution in [0.1, 0.15) is 22.8 Å². The molecule has 2 atom stereocenters. The van der Waals surface area contributed by atoms with Gasteiger partial charge in [0, 0.05) is 22.6 Å². The van der Waals surface area contributed by atoms with Crippen LogP contribution in [0.2, 0.25) is 0 Å². The van der Waals surface area contributed by atoms with Gasteiger partial charge in [-0.3, -0.25) is 4.79 Å². The lowest BCUT2D eigenvalue weighted by Gasteiger charge is -2.16. The molecule has 4 heteroatoms. The van der Waals surface area contributed by atoms with Crippen molar-refractivity contribution in [1.29, 1.82) is 0 Å². The van der Waals surface area contributed by atoms with Gasteiger partial charge in [-0.2, -0.15) is 0 Å². The van der Waals surface area contributed by atoms with E-state index >= 15 is 0 Å². The lowest BCUT2D eigenvalue weighted by atomic mass is 10.0. The Labute approximate surface area is 135 Å². The topological polar surface area (TPSA) is 64.9 Å². The van der Waals surface area contributed by atoms with Gasteiger partial charge in [-0.25, -0.2) is 0 Å². The first-order valence-electron chi connectivity index (χ1n) is 7.35. The van der Waals surface area contributed by atoms with Crippen LogP contribution in [0, 0.1) is 0 Å². The molecule has 0 saturated carbocycles. The number of aliphatic hydroxyl groups excluding tert-OH is 1. The minimum atomic E-state index is -0.509. The van der Waals surface area contributed by atoms with Crippen molar-refractivity contribution in [1.82, 2.24) is 0 Å². The number of Topliss-reactive ketones (excluding diaryl/α,β-unsaturated/α-hetero) is 1. The number of quaternary nitrogens is 1. The first-order chi connectivity index (χ1) is 10.6. The molecule has 0 fully saturated rings. The van der Waals surface area contributed by atoms with Gasteiger partial charge in [-0.05, 0) is 18.6 Å². The zero-order chi connectivity index (χ0) is 15.9. The van der Waals surface area contributed by atoms with E-state index in [4.69, 9.17) is 0 Å². The van der Waals surface area contributed by atoms with Crippen LogP contribution in [0.15, 0.2) is 59.5 Å². The molecule has 22 heavy (non-hydrogen) atoms. The van der Waals surface area contributed by atoms with Gasteiger partial charge in [0.1, 0.15) is 12.1 Å². The largest absolute Gasteiger partial charge is 0.386 e. The first-order valence-corrected chi connectivity index (χ1v) is 8.34. The summed E-state index contributed by atoms with van der Waals surface area (Å²) in [6, 6.07) is 17.5. The predicted molar refractivity (Wildman–Crippen MR) is 90.0 cm³/mol. The standard InChI is InChI=1S/C18H21NO2S/c1-13(20)15-9-5-6-10-18(15)22-12-17(21)16(19)11-14-7-3-2-4-8-14/h2-10,16-17,21H,11-12,19H2,1H3/p+1/t16-,17-/m0/s1. The van der Waals surface area contributed by atoms with Gasteiger partial charge in [0.2, 0.25) is 0 Å². The van der Waals surface area contributed by atoms with Crippen molar-refractivity contribution < 1.29 is 15.6 Å². The number of aliphatic hydroxyl groups is 1. The molecule has 0 aliphatic rings. The third kappa shape index (κ3) is 4.70. The van der Waals surface area contributed by atoms with Crippen molar-refractivity contribution in [3.05, 3.63) is 65.7 Å². The molecular weight excluding hydrogens is 294 g/mol. The fraction of sp³-hybridized carbons (Fsp3) is 0.278. The van der Waals surface area contributed by atoms with Crippen molar-refractivity contribution in [2.24, 2.45) is 0 Å². The molecule has 2 rings (SSSR count). The van der Waals surface area contributed by atoms with Crippen LogP contribution in [0.3, 0.4) is 0 Å². The summed E-state index contributed by atoms with van der Waals surface area (Å²) >= 11 is 1.51. The van der Waals surface area contributed by atoms with Crippen molar-refractivity contribution in [3.8, 4) is 0 Å². The molecule has 4 N–H and O–H groups in total. The van der Waals surface area contributed by atoms with Crippen LogP contribution in [-0.4, -0.2) is 28.8 Å². The highest BCUT2D eigenvalue weighted by molar-refractivity contribution is 7.99. The smallest absolute Gasteiger partial charge is 0.160 e. The van der Waals surface area contributed by atoms with Crippen LogP contribution in [-0.2, 0) is 6.42 Å². The lowest BCUT2D eigenvalue weighted by molar-refractivity contribution is -0.435. The van der Waals surface area contributed by atoms with Gasteiger partial charge in [0.15, 0.2) is 5.78 Å². The number of hydrogen-bond acceptors (Lipinski definition) is 3. The molecule has 2 aromatic rings. The Kier molecular flexibility index (Phi) is 6.19. The molecule has 0 radical (unpaired) electrons. The molecule has 2 aromatic carbocycles. The summed E-state index contributed by atoms with van der Waals surface area (Å²) in [5, 5.41) is 10.3. The summed E-state index contributed by atoms with van der Waals surface area (Å²) in [6.45, 7) is 1.56. The average Bonchev–Trinajstić information content (AvgIpc) is 2.53. The van der Waals surface area contributed by atoms with E-state index in [1.54, 1.807) is 6.92 Å². The highest BCUT2D eigenvalue weighted by Gasteiger charge is 2.19. The molecule has 0 aliphatic carbocycles. The van der Waals surface area contributed by atoms with Crippen molar-refractivity contribution in [2.45, 2.75) is 30.4 Å². The second kappa shape index (κ2) is 8.13. The number of ketones is 1. The summed E-state index contributed by atoms with van der Waals surface area (Å²) in [5.41, 5.74) is 5.96. The fourth-order valence-corrected chi connectivity index (χ4v) is 3.41. The van der Waals surface area contributed by atoms with E-state index < -0.39 is 6.10 Å². The molecular formula is C18H22NO2S+. The average molecular weight is 316 g/mol. The van der Waals surface area contributed by atoms with Crippen LogP contribution in [0.4, 0.5) is 0 Å². The van der Waals surface area contributed by atoms with Crippen molar-refractivity contribution in [3.63, 3.8) is 0 Å². The third-order valence-corrected chi connectivity index (χ3v) is 4.74. The summed E-state index contributed by atoms with van der Waals surface area (Å²) in [6.07, 6.45) is 0.238. The maximum atomic E-state index is 11.6. The Hall–Kier alpha value is -1.62. The van der Waals surface area contributed by atoms with Crippen LogP contribution in [0.25, 0.3) is 0 Å². The van der Waals surface area contributed by atoms with Gasteiger partial charge in [-0.15, -0.1) is 11.8 Å². The highest BCUT2D eigenvalue weighted by Crippen LogP contribution is 2.24. The number of thioether (sulfide) groups is 1. The maximum Gasteiger partial charge on any atom is 0.160 e. The van der Waals surface area contributed by atoms with Gasteiger partial charge < -0.3 is 10.8 Å². The molecule has 0 aromatic heterocycles. The Bertz CT molecular complexity index is 615. The number of benzene rings is 2. The van der Waals surface area contributed by atoms with E-state index in [2.05, 4.69) is 5.73 Å². The molecule has 0 saturated heterocycles. The third-order valence-electron chi connectivity index (χ3n) is 3.56. The number of hydrogen-bond donors (Lipinski definition) is 2. The SMILES string of the molecule is CC(=O)c1ccccc1SC[C@H](O)[C@@H]([NH3+])Cc1ccccc1. The number of carbonyl (C=O) groups excluding carboxylic acids is 1. The summed E-state index contributed by atoms with van der Waals surface area (Å²) in [7, 11) is 0. The van der Waals surface area contributed by atoms with Crippen LogP contribution < -0.4 is 5.73 Å². The van der Waals surface area contributed by atoms with Gasteiger partial charge in [0.25, 0.3) is 0 Å². The van der Waals surface area contributed by atoms with Crippen molar-refractivity contribution >= 4 is 17.5 Å². The molecule has 0 spiro atoms. The van der Waals surface area contributed by atoms with E-state index in [1.807, 2.05) is 54.6 Å². The van der Waals surface area contributed by atoms with Gasteiger partial charge in [0.05, 0.1) is 0 Å². The summed E-state index contributed by atoms with van der Waals surface area (Å²) < 4.78 is 0. The Morgan fingerprint density at radius 1 is 1.14 bits per heavy atom. The Morgan fingerprint density at radius 2 is 1.77 bits per heavy atom. The van der Waals surface area contributed by atoms with Gasteiger partial charge in [-0.1, -0.05) is 48.5 Å². The minimum Gasteiger partial charge on any atom is -0.386 e. The van der Waals surface area contributed by atoms with E-state index in [0.29, 0.717) is 11.3 Å². The molecule has 0 amide bonds. The molecule has 0 bridgehead atoms. The predicted octanol–water partition coefficient (Wildman–Crippen LogP) is 2.20. The second-order valence-electron chi connectivity index (χ2n) is 5.38. The Balaban J connectivity index is 1.92. The summed E-state index contributed by atoms with van der Waals surface area (Å²) in [5.74, 6) is 0.582. The molecule has 0 aliphatic heterocycles. The van der Waals surface area contributed by atoms with Crippen LogP contribution in [0.5, 0.6) is 0 Å². The molecule has 0 unspecified atom stereocenters. The monoisotopic (exact) mass is 316 g/mol. The zero-order valence-electron chi connectivity index (χ0n) is 12.7. The lowest BCUT2D eigenvalue weighted by Crippen LogP contribution is -2.67. The van der Waals surface area contributed by atoms with E-state index in [1.165, 1.54) is 17.3 Å². The molecule has 3 nitrogen and oxygen atoms in total. The molecule has 116 valence electrons. The zero-order valence-corrected chi connectivity index (χ0v) is 13.6. The van der Waals surface area contributed by atoms with E-state index in [-0.39, 0.29) is 11.8 Å². The first kappa shape index (κ1) is 16.7. The van der Waals surface area contributed by atoms with E-state index in [9.17, 15) is 9.90 Å². The maximum absolute atomic E-state index is 11.6. The summed E-state index contributed by atoms with van der Waals surface area (Å²) in [4.78, 5) is 12.5. The second-order valence-corrected chi connectivity index (χ2v) is 6.44. The fourth-order valence-electron chi connectivity index (χ4n) is 2.25. The highest BCUT2D eigenvalue weighted by atomic mass is 32.2. The number of rotatable bonds is 7. The minimum absolute atomic E-state index is 0.0491.